The molecule has 6 N–H and O–H groups in total. The second-order valence-electron chi connectivity index (χ2n) is 8.64. The molecule has 0 aromatic carbocycles. The molecular weight excluding hydrogens is 512 g/mol. The third-order valence-corrected chi connectivity index (χ3v) is 8.21. The van der Waals surface area contributed by atoms with Crippen LogP contribution in [0.4, 0.5) is 5.13 Å². The van der Waals surface area contributed by atoms with Gasteiger partial charge in [-0.2, -0.15) is 9.36 Å². The number of hydrogen-bond acceptors (Lipinski definition) is 12. The van der Waals surface area contributed by atoms with Gasteiger partial charge < -0.3 is 31.6 Å². The standard InChI is InChI=1S/C20H22N8O6S2/c21-20-24-14(26-36-20)11(25-34)15(29)23-12-17(31)28-13(19(32)33)10(7-35-18(12)28)3-9-1-2-27(16(9)30)6-8-4-22-5-8/h3,8,12,18,22,34H,1-2,4-7H2,(H,23,29)(H,32,33)(H2,21,24,26)/b9-3?,25-11-/t12-,18-/m1/s1. The molecule has 1 aromatic rings. The molecule has 5 heterocycles. The van der Waals surface area contributed by atoms with Gasteiger partial charge in [0.15, 0.2) is 5.13 Å². The number of β-lactam (4-membered cyclic amide) rings is 1. The number of aromatic nitrogens is 2. The van der Waals surface area contributed by atoms with Crippen LogP contribution in [0.25, 0.3) is 0 Å². The van der Waals surface area contributed by atoms with E-state index in [0.29, 0.717) is 36.6 Å². The minimum absolute atomic E-state index is 0.0643. The fraction of sp³-hybridized carbons (Fsp3) is 0.450. The Bertz CT molecular complexity index is 1240. The number of rotatable bonds is 7. The summed E-state index contributed by atoms with van der Waals surface area (Å²) in [7, 11) is 0. The first-order chi connectivity index (χ1) is 17.3. The van der Waals surface area contributed by atoms with Gasteiger partial charge in [-0.25, -0.2) is 4.79 Å². The zero-order valence-corrected chi connectivity index (χ0v) is 20.3. The molecule has 5 rings (SSSR count). The number of likely N-dealkylation sites (tertiary alicyclic amines) is 1. The van der Waals surface area contributed by atoms with Gasteiger partial charge in [0, 0.05) is 55.0 Å². The maximum atomic E-state index is 12.9. The molecule has 0 radical (unpaired) electrons. The van der Waals surface area contributed by atoms with Gasteiger partial charge >= 0.3 is 5.97 Å². The maximum absolute atomic E-state index is 12.9. The molecule has 3 saturated heterocycles. The number of hydrogen-bond donors (Lipinski definition) is 5. The number of aliphatic carboxylic acids is 1. The van der Waals surface area contributed by atoms with Gasteiger partial charge in [0.2, 0.25) is 17.4 Å². The number of fused-ring (bicyclic) bond motifs is 1. The van der Waals surface area contributed by atoms with Crippen molar-refractivity contribution >= 4 is 57.8 Å². The number of nitrogens with one attached hydrogen (secondary N) is 2. The van der Waals surface area contributed by atoms with Crippen LogP contribution in [0.1, 0.15) is 12.2 Å². The Morgan fingerprint density at radius 1 is 1.33 bits per heavy atom. The van der Waals surface area contributed by atoms with Crippen LogP contribution >= 0.6 is 23.3 Å². The number of nitrogens with zero attached hydrogens (tertiary/aromatic N) is 5. The minimum atomic E-state index is -1.30. The Balaban J connectivity index is 1.31. The average molecular weight is 535 g/mol. The first-order valence-electron chi connectivity index (χ1n) is 11.0. The Morgan fingerprint density at radius 3 is 2.72 bits per heavy atom. The number of nitrogen functional groups attached to an aromatic ring is 1. The molecule has 3 amide bonds. The minimum Gasteiger partial charge on any atom is -0.477 e. The number of carbonyl (C=O) groups excluding carboxylic acids is 3. The summed E-state index contributed by atoms with van der Waals surface area (Å²) in [5.41, 5.74) is 5.67. The van der Waals surface area contributed by atoms with Crippen molar-refractivity contribution in [1.82, 2.24) is 29.8 Å². The van der Waals surface area contributed by atoms with Crippen molar-refractivity contribution in [1.29, 1.82) is 0 Å². The second-order valence-corrected chi connectivity index (χ2v) is 10.5. The number of carboxylic acid groups (broad SMARTS) is 1. The van der Waals surface area contributed by atoms with Gasteiger partial charge in [0.05, 0.1) is 0 Å². The molecule has 14 nitrogen and oxygen atoms in total. The molecule has 1 aromatic heterocycles. The number of carbonyl (C=O) groups is 4. The first-order valence-corrected chi connectivity index (χ1v) is 12.8. The SMILES string of the molecule is Nc1nc(/C(=N/O)C(=O)N[C@@H]2C(=O)N3C(C(=O)O)=C(C=C4CCN(CC5CNC5)C4=O)CS[C@H]23)ns1. The van der Waals surface area contributed by atoms with E-state index in [2.05, 4.69) is 25.1 Å². The highest BCUT2D eigenvalue weighted by Crippen LogP contribution is 2.41. The van der Waals surface area contributed by atoms with Crippen LogP contribution in [-0.2, 0) is 19.2 Å². The highest BCUT2D eigenvalue weighted by molar-refractivity contribution is 8.00. The monoisotopic (exact) mass is 534 g/mol. The summed E-state index contributed by atoms with van der Waals surface area (Å²) in [5.74, 6) is -2.47. The van der Waals surface area contributed by atoms with E-state index in [-0.39, 0.29) is 28.3 Å². The van der Waals surface area contributed by atoms with Crippen LogP contribution in [0.3, 0.4) is 0 Å². The molecule has 0 aliphatic carbocycles. The van der Waals surface area contributed by atoms with Crippen molar-refractivity contribution in [2.24, 2.45) is 11.1 Å². The van der Waals surface area contributed by atoms with Gasteiger partial charge in [-0.15, -0.1) is 11.8 Å². The highest BCUT2D eigenvalue weighted by atomic mass is 32.2. The van der Waals surface area contributed by atoms with Gasteiger partial charge in [-0.05, 0) is 18.1 Å². The van der Waals surface area contributed by atoms with E-state index in [4.69, 9.17) is 5.73 Å². The molecule has 36 heavy (non-hydrogen) atoms. The number of allylic oxidation sites excluding steroid dienone is 1. The summed E-state index contributed by atoms with van der Waals surface area (Å²) >= 11 is 2.07. The highest BCUT2D eigenvalue weighted by Gasteiger charge is 2.54. The lowest BCUT2D eigenvalue weighted by atomic mass is 10.0. The lowest BCUT2D eigenvalue weighted by Crippen LogP contribution is -2.71. The van der Waals surface area contributed by atoms with Crippen LogP contribution in [0, 0.1) is 5.92 Å². The van der Waals surface area contributed by atoms with E-state index in [1.165, 1.54) is 11.8 Å². The molecule has 0 bridgehead atoms. The van der Waals surface area contributed by atoms with Crippen molar-refractivity contribution in [2.75, 3.05) is 37.7 Å². The molecule has 4 aliphatic rings. The van der Waals surface area contributed by atoms with Crippen LogP contribution in [0.5, 0.6) is 0 Å². The van der Waals surface area contributed by atoms with E-state index in [9.17, 15) is 29.5 Å². The van der Waals surface area contributed by atoms with Gasteiger partial charge in [-0.1, -0.05) is 5.16 Å². The summed E-state index contributed by atoms with van der Waals surface area (Å²) in [6, 6.07) is -1.04. The molecule has 2 atom stereocenters. The lowest BCUT2D eigenvalue weighted by molar-refractivity contribution is -0.150. The molecule has 3 fully saturated rings. The fourth-order valence-electron chi connectivity index (χ4n) is 4.46. The van der Waals surface area contributed by atoms with E-state index in [0.717, 1.165) is 29.5 Å². The number of oxime groups is 1. The largest absolute Gasteiger partial charge is 0.477 e. The van der Waals surface area contributed by atoms with Gasteiger partial charge in [0.25, 0.3) is 11.8 Å². The topological polar surface area (TPSA) is 203 Å². The number of nitrogens with two attached hydrogens (primary N) is 1. The molecule has 0 spiro atoms. The van der Waals surface area contributed by atoms with Crippen LogP contribution < -0.4 is 16.4 Å². The number of anilines is 1. The smallest absolute Gasteiger partial charge is 0.352 e. The quantitative estimate of drug-likeness (QED) is 0.0887. The molecular formula is C20H22N8O6S2. The van der Waals surface area contributed by atoms with E-state index >= 15 is 0 Å². The van der Waals surface area contributed by atoms with E-state index < -0.39 is 34.9 Å². The fourth-order valence-corrected chi connectivity index (χ4v) is 6.20. The Morgan fingerprint density at radius 2 is 2.11 bits per heavy atom. The second kappa shape index (κ2) is 9.51. The summed E-state index contributed by atoms with van der Waals surface area (Å²) in [6.45, 7) is 3.00. The summed E-state index contributed by atoms with van der Waals surface area (Å²) in [4.78, 5) is 57.1. The van der Waals surface area contributed by atoms with Crippen molar-refractivity contribution in [3.63, 3.8) is 0 Å². The third-order valence-electron chi connectivity index (χ3n) is 6.36. The normalized spacial score (nSPS) is 25.7. The van der Waals surface area contributed by atoms with Crippen LogP contribution in [0.2, 0.25) is 0 Å². The van der Waals surface area contributed by atoms with Crippen LogP contribution in [-0.4, -0.2) is 102 Å². The van der Waals surface area contributed by atoms with E-state index in [1.807, 2.05) is 0 Å². The maximum Gasteiger partial charge on any atom is 0.352 e. The average Bonchev–Trinajstić information content (AvgIpc) is 3.40. The van der Waals surface area contributed by atoms with Crippen molar-refractivity contribution < 1.29 is 29.5 Å². The summed E-state index contributed by atoms with van der Waals surface area (Å²) < 4.78 is 3.82. The molecule has 16 heteroatoms. The van der Waals surface area contributed by atoms with Crippen LogP contribution in [0.15, 0.2) is 28.1 Å². The van der Waals surface area contributed by atoms with Crippen molar-refractivity contribution in [3.8, 4) is 0 Å². The predicted octanol–water partition coefficient (Wildman–Crippen LogP) is -1.58. The number of amides is 3. The first kappa shape index (κ1) is 24.2. The zero-order chi connectivity index (χ0) is 25.6. The van der Waals surface area contributed by atoms with Gasteiger partial charge in [0.1, 0.15) is 17.1 Å². The number of carboxylic acids is 1. The zero-order valence-electron chi connectivity index (χ0n) is 18.7. The predicted molar refractivity (Wildman–Crippen MR) is 128 cm³/mol. The molecule has 0 saturated carbocycles. The molecule has 0 unspecified atom stereocenters. The van der Waals surface area contributed by atoms with Crippen molar-refractivity contribution in [2.45, 2.75) is 17.8 Å². The number of thioether (sulfide) groups is 1. The third kappa shape index (κ3) is 4.20. The molecule has 4 aliphatic heterocycles. The molecule has 190 valence electrons. The Hall–Kier alpha value is -3.50. The van der Waals surface area contributed by atoms with Crippen molar-refractivity contribution in [3.05, 3.63) is 28.7 Å². The summed E-state index contributed by atoms with van der Waals surface area (Å²) in [5, 5.41) is 27.1. The lowest BCUT2D eigenvalue weighted by Gasteiger charge is -2.49. The summed E-state index contributed by atoms with van der Waals surface area (Å²) in [6.07, 6.45) is 2.09. The van der Waals surface area contributed by atoms with E-state index in [1.54, 1.807) is 11.0 Å². The Kier molecular flexibility index (Phi) is 6.40. The van der Waals surface area contributed by atoms with Gasteiger partial charge in [-0.3, -0.25) is 19.3 Å². The Labute approximate surface area is 212 Å².